The second-order valence-electron chi connectivity index (χ2n) is 8.53. The number of esters is 1. The first-order valence-electron chi connectivity index (χ1n) is 11.1. The van der Waals surface area contributed by atoms with Gasteiger partial charge in [-0.2, -0.15) is 0 Å². The van der Waals surface area contributed by atoms with E-state index in [-0.39, 0.29) is 5.97 Å². The fraction of sp³-hybridized carbons (Fsp3) is 0.333. The smallest absolute Gasteiger partial charge is 0.315 e. The lowest BCUT2D eigenvalue weighted by Gasteiger charge is -2.24. The quantitative estimate of drug-likeness (QED) is 0.443. The second kappa shape index (κ2) is 10.3. The van der Waals surface area contributed by atoms with E-state index in [1.54, 1.807) is 20.8 Å². The predicted molar refractivity (Wildman–Crippen MR) is 132 cm³/mol. The summed E-state index contributed by atoms with van der Waals surface area (Å²) in [4.78, 5) is 22.0. The fourth-order valence-corrected chi connectivity index (χ4v) is 4.47. The molecule has 0 saturated heterocycles. The van der Waals surface area contributed by atoms with Crippen LogP contribution >= 0.6 is 11.6 Å². The topological polar surface area (TPSA) is 68.5 Å². The van der Waals surface area contributed by atoms with Crippen LogP contribution in [0.3, 0.4) is 0 Å². The Morgan fingerprint density at radius 1 is 1.03 bits per heavy atom. The molecule has 0 aliphatic carbocycles. The third kappa shape index (κ3) is 5.14. The number of aliphatic carboxylic acids is 1. The van der Waals surface area contributed by atoms with Gasteiger partial charge in [0.25, 0.3) is 0 Å². The summed E-state index contributed by atoms with van der Waals surface area (Å²) in [5, 5.41) is 10.7. The van der Waals surface area contributed by atoms with Crippen molar-refractivity contribution in [3.05, 3.63) is 71.0 Å². The maximum Gasteiger partial charge on any atom is 0.315 e. The summed E-state index contributed by atoms with van der Waals surface area (Å²) in [6, 6.07) is 18.0. The van der Waals surface area contributed by atoms with Crippen LogP contribution in [0, 0.1) is 0 Å². The number of nitrogens with zero attached hydrogens (tertiary/aromatic N) is 1. The Bertz CT molecular complexity index is 1130. The van der Waals surface area contributed by atoms with Crippen molar-refractivity contribution in [2.75, 3.05) is 6.61 Å². The van der Waals surface area contributed by atoms with Crippen LogP contribution in [0.2, 0.25) is 5.02 Å². The minimum absolute atomic E-state index is 0.211. The molecule has 1 N–H and O–H groups in total. The predicted octanol–water partition coefficient (Wildman–Crippen LogP) is 6.35. The number of hydrogen-bond donors (Lipinski definition) is 1. The average Bonchev–Trinajstić information content (AvgIpc) is 3.35. The van der Waals surface area contributed by atoms with Crippen molar-refractivity contribution in [2.45, 2.75) is 52.5 Å². The first kappa shape index (κ1) is 24.6. The molecule has 0 amide bonds. The largest absolute Gasteiger partial charge is 0.481 e. The highest BCUT2D eigenvalue weighted by molar-refractivity contribution is 6.30. The molecule has 3 aromatic rings. The van der Waals surface area contributed by atoms with Crippen molar-refractivity contribution < 1.29 is 19.4 Å². The Hall–Kier alpha value is -3.05. The van der Waals surface area contributed by atoms with Gasteiger partial charge in [0.2, 0.25) is 0 Å². The van der Waals surface area contributed by atoms with Gasteiger partial charge in [0.1, 0.15) is 5.41 Å². The average molecular weight is 468 g/mol. The summed E-state index contributed by atoms with van der Waals surface area (Å²) in [5.74, 6) is -1.03. The Kier molecular flexibility index (Phi) is 7.65. The molecular formula is C27H30ClNO4. The van der Waals surface area contributed by atoms with Gasteiger partial charge in [0.15, 0.2) is 0 Å². The monoisotopic (exact) mass is 467 g/mol. The van der Waals surface area contributed by atoms with E-state index in [0.29, 0.717) is 11.6 Å². The number of carboxylic acid groups (broad SMARTS) is 1. The van der Waals surface area contributed by atoms with Crippen molar-refractivity contribution in [1.29, 1.82) is 0 Å². The second-order valence-corrected chi connectivity index (χ2v) is 8.96. The van der Waals surface area contributed by atoms with Crippen LogP contribution in [-0.4, -0.2) is 28.2 Å². The van der Waals surface area contributed by atoms with Crippen molar-refractivity contribution >= 4 is 23.5 Å². The van der Waals surface area contributed by atoms with Crippen LogP contribution in [0.1, 0.15) is 45.5 Å². The van der Waals surface area contributed by atoms with E-state index >= 15 is 0 Å². The molecule has 174 valence electrons. The number of rotatable bonds is 5. The van der Waals surface area contributed by atoms with E-state index in [2.05, 4.69) is 21.4 Å². The number of aromatic nitrogens is 1. The molecule has 1 aliphatic rings. The van der Waals surface area contributed by atoms with Crippen LogP contribution < -0.4 is 0 Å². The Morgan fingerprint density at radius 2 is 1.64 bits per heavy atom. The Morgan fingerprint density at radius 3 is 2.15 bits per heavy atom. The molecule has 0 radical (unpaired) electrons. The first-order valence-corrected chi connectivity index (χ1v) is 11.5. The minimum atomic E-state index is -0.999. The van der Waals surface area contributed by atoms with E-state index in [1.807, 2.05) is 42.5 Å². The van der Waals surface area contributed by atoms with Gasteiger partial charge in [0, 0.05) is 41.0 Å². The molecule has 5 nitrogen and oxygen atoms in total. The van der Waals surface area contributed by atoms with Crippen LogP contribution in [0.5, 0.6) is 0 Å². The lowest BCUT2D eigenvalue weighted by atomic mass is 9.82. The van der Waals surface area contributed by atoms with Gasteiger partial charge in [-0.1, -0.05) is 54.1 Å². The van der Waals surface area contributed by atoms with E-state index in [4.69, 9.17) is 11.6 Å². The number of carboxylic acids is 1. The van der Waals surface area contributed by atoms with Gasteiger partial charge >= 0.3 is 11.9 Å². The molecule has 2 heterocycles. The third-order valence-electron chi connectivity index (χ3n) is 5.84. The molecule has 0 saturated carbocycles. The van der Waals surface area contributed by atoms with E-state index in [1.165, 1.54) is 12.6 Å². The first-order chi connectivity index (χ1) is 15.7. The maximum absolute atomic E-state index is 12.2. The van der Waals surface area contributed by atoms with Crippen LogP contribution in [0.4, 0.5) is 0 Å². The lowest BCUT2D eigenvalue weighted by Crippen LogP contribution is -2.31. The molecule has 0 fully saturated rings. The highest BCUT2D eigenvalue weighted by Gasteiger charge is 2.40. The Balaban J connectivity index is 0.000000454. The number of carbonyl (C=O) groups is 2. The van der Waals surface area contributed by atoms with Crippen molar-refractivity contribution in [3.63, 3.8) is 0 Å². The van der Waals surface area contributed by atoms with Crippen LogP contribution in [0.25, 0.3) is 22.3 Å². The zero-order chi connectivity index (χ0) is 24.2. The Labute approximate surface area is 200 Å². The SMILES string of the molecule is CC(C)(C(=O)O)c1c(-c2ccc(Cl)cc2)c(-c2ccccc2)c2n1CCC2.CCOC(C)=O. The summed E-state index contributed by atoms with van der Waals surface area (Å²) in [5.41, 5.74) is 5.41. The molecular weight excluding hydrogens is 438 g/mol. The van der Waals surface area contributed by atoms with Gasteiger partial charge in [-0.05, 0) is 56.9 Å². The van der Waals surface area contributed by atoms with Crippen LogP contribution in [-0.2, 0) is 32.7 Å². The number of ether oxygens (including phenoxy) is 1. The summed E-state index contributed by atoms with van der Waals surface area (Å²) in [6.07, 6.45) is 2.00. The number of carbonyl (C=O) groups excluding carboxylic acids is 1. The molecule has 0 spiro atoms. The normalized spacial score (nSPS) is 12.5. The van der Waals surface area contributed by atoms with Crippen molar-refractivity contribution in [1.82, 2.24) is 4.57 Å². The molecule has 4 rings (SSSR count). The highest BCUT2D eigenvalue weighted by Crippen LogP contribution is 2.47. The molecule has 1 aromatic heterocycles. The van der Waals surface area contributed by atoms with Crippen LogP contribution in [0.15, 0.2) is 54.6 Å². The molecule has 2 aromatic carbocycles. The maximum atomic E-state index is 12.2. The van der Waals surface area contributed by atoms with Gasteiger partial charge in [-0.3, -0.25) is 9.59 Å². The molecule has 6 heteroatoms. The zero-order valence-electron chi connectivity index (χ0n) is 19.5. The summed E-state index contributed by atoms with van der Waals surface area (Å²) in [7, 11) is 0. The van der Waals surface area contributed by atoms with E-state index < -0.39 is 11.4 Å². The summed E-state index contributed by atoms with van der Waals surface area (Å²) < 4.78 is 6.64. The minimum Gasteiger partial charge on any atom is -0.481 e. The molecule has 0 bridgehead atoms. The van der Waals surface area contributed by atoms with Gasteiger partial charge in [-0.25, -0.2) is 0 Å². The summed E-state index contributed by atoms with van der Waals surface area (Å²) in [6.45, 7) is 8.10. The number of halogens is 1. The molecule has 1 aliphatic heterocycles. The van der Waals surface area contributed by atoms with Gasteiger partial charge in [-0.15, -0.1) is 0 Å². The van der Waals surface area contributed by atoms with Gasteiger partial charge < -0.3 is 14.4 Å². The zero-order valence-corrected chi connectivity index (χ0v) is 20.3. The standard InChI is InChI=1S/C23H22ClNO2.C4H8O2/c1-23(2,22(26)27)21-20(16-10-12-17(24)13-11-16)19(15-7-4-3-5-8-15)18-9-6-14-25(18)21;1-3-6-4(2)5/h3-5,7-8,10-13H,6,9,14H2,1-2H3,(H,26,27);3H2,1-2H3. The van der Waals surface area contributed by atoms with Gasteiger partial charge in [0.05, 0.1) is 6.61 Å². The fourth-order valence-electron chi connectivity index (χ4n) is 4.35. The number of benzene rings is 2. The molecule has 0 unspecified atom stereocenters. The lowest BCUT2D eigenvalue weighted by molar-refractivity contribution is -0.143. The number of fused-ring (bicyclic) bond motifs is 1. The highest BCUT2D eigenvalue weighted by atomic mass is 35.5. The van der Waals surface area contributed by atoms with Crippen molar-refractivity contribution in [2.24, 2.45) is 0 Å². The number of hydrogen-bond acceptors (Lipinski definition) is 3. The van der Waals surface area contributed by atoms with E-state index in [9.17, 15) is 14.7 Å². The summed E-state index contributed by atoms with van der Waals surface area (Å²) >= 11 is 6.11. The molecule has 33 heavy (non-hydrogen) atoms. The molecule has 0 atom stereocenters. The van der Waals surface area contributed by atoms with Crippen molar-refractivity contribution in [3.8, 4) is 22.3 Å². The van der Waals surface area contributed by atoms with E-state index in [0.717, 1.165) is 47.3 Å². The third-order valence-corrected chi connectivity index (χ3v) is 6.09.